The second-order valence-corrected chi connectivity index (χ2v) is 6.44. The van der Waals surface area contributed by atoms with Gasteiger partial charge < -0.3 is 14.6 Å². The van der Waals surface area contributed by atoms with Crippen LogP contribution in [-0.4, -0.2) is 35.9 Å². The van der Waals surface area contributed by atoms with Crippen molar-refractivity contribution < 1.29 is 24.2 Å². The summed E-state index contributed by atoms with van der Waals surface area (Å²) in [6.45, 7) is 6.81. The predicted molar refractivity (Wildman–Crippen MR) is 94.7 cm³/mol. The third-order valence-corrected chi connectivity index (χ3v) is 4.00. The number of carbonyl (C=O) groups is 2. The summed E-state index contributed by atoms with van der Waals surface area (Å²) in [5, 5.41) is 10.7. The fourth-order valence-electron chi connectivity index (χ4n) is 2.41. The van der Waals surface area contributed by atoms with E-state index >= 15 is 0 Å². The van der Waals surface area contributed by atoms with E-state index in [2.05, 4.69) is 13.8 Å². The number of rotatable bonds is 15. The molecule has 0 aliphatic heterocycles. The Morgan fingerprint density at radius 3 is 1.83 bits per heavy atom. The van der Waals surface area contributed by atoms with Crippen molar-refractivity contribution in [2.24, 2.45) is 0 Å². The van der Waals surface area contributed by atoms with Crippen LogP contribution in [0.3, 0.4) is 0 Å². The molecule has 0 bridgehead atoms. The van der Waals surface area contributed by atoms with Crippen molar-refractivity contribution >= 4 is 11.9 Å². The van der Waals surface area contributed by atoms with Gasteiger partial charge in [-0.15, -0.1) is 0 Å². The first kappa shape index (κ1) is 22.9. The number of esters is 2. The average Bonchev–Trinajstić information content (AvgIpc) is 2.55. The molecule has 1 unspecified atom stereocenters. The highest BCUT2D eigenvalue weighted by Gasteiger charge is 2.40. The minimum atomic E-state index is -1.76. The molecule has 0 fully saturated rings. The van der Waals surface area contributed by atoms with Crippen molar-refractivity contribution in [1.82, 2.24) is 0 Å². The number of carbonyl (C=O) groups excluding carboxylic acids is 2. The van der Waals surface area contributed by atoms with E-state index in [9.17, 15) is 14.7 Å². The van der Waals surface area contributed by atoms with Gasteiger partial charge in [0.1, 0.15) is 0 Å². The van der Waals surface area contributed by atoms with Crippen LogP contribution in [0, 0.1) is 0 Å². The van der Waals surface area contributed by atoms with Gasteiger partial charge in [0.25, 0.3) is 0 Å². The van der Waals surface area contributed by atoms with Gasteiger partial charge in [-0.2, -0.15) is 0 Å². The van der Waals surface area contributed by atoms with E-state index in [0.29, 0.717) is 13.0 Å². The van der Waals surface area contributed by atoms with Crippen LogP contribution in [0.15, 0.2) is 0 Å². The fraction of sp³-hybridized carbons (Fsp3) is 0.895. The third kappa shape index (κ3) is 10.6. The van der Waals surface area contributed by atoms with Gasteiger partial charge in [-0.25, -0.2) is 4.79 Å². The Hall–Kier alpha value is -1.10. The minimum absolute atomic E-state index is 0.234. The molecule has 0 heterocycles. The van der Waals surface area contributed by atoms with Crippen LogP contribution in [0.4, 0.5) is 0 Å². The van der Waals surface area contributed by atoms with E-state index in [4.69, 9.17) is 9.47 Å². The topological polar surface area (TPSA) is 72.8 Å². The highest BCUT2D eigenvalue weighted by molar-refractivity contribution is 5.85. The fourth-order valence-corrected chi connectivity index (χ4v) is 2.41. The highest BCUT2D eigenvalue weighted by Crippen LogP contribution is 2.22. The molecule has 0 aromatic carbocycles. The quantitative estimate of drug-likeness (QED) is 0.357. The van der Waals surface area contributed by atoms with E-state index in [1.807, 2.05) is 6.92 Å². The summed E-state index contributed by atoms with van der Waals surface area (Å²) < 4.78 is 10.3. The summed E-state index contributed by atoms with van der Waals surface area (Å²) in [5.41, 5.74) is -1.76. The molecule has 0 aliphatic rings. The Morgan fingerprint density at radius 1 is 0.792 bits per heavy atom. The largest absolute Gasteiger partial charge is 0.466 e. The van der Waals surface area contributed by atoms with Crippen molar-refractivity contribution in [2.75, 3.05) is 13.2 Å². The maximum Gasteiger partial charge on any atom is 0.338 e. The van der Waals surface area contributed by atoms with Gasteiger partial charge in [-0.1, -0.05) is 59.3 Å². The monoisotopic (exact) mass is 344 g/mol. The van der Waals surface area contributed by atoms with Crippen molar-refractivity contribution in [2.45, 2.75) is 97.0 Å². The van der Waals surface area contributed by atoms with Gasteiger partial charge in [0.05, 0.1) is 19.6 Å². The van der Waals surface area contributed by atoms with Crippen LogP contribution >= 0.6 is 0 Å². The molecule has 5 heteroatoms. The lowest BCUT2D eigenvalue weighted by molar-refractivity contribution is -0.173. The van der Waals surface area contributed by atoms with E-state index in [1.54, 1.807) is 0 Å². The van der Waals surface area contributed by atoms with Gasteiger partial charge in [0.15, 0.2) is 5.60 Å². The van der Waals surface area contributed by atoms with E-state index in [0.717, 1.165) is 51.4 Å². The highest BCUT2D eigenvalue weighted by atomic mass is 16.6. The van der Waals surface area contributed by atoms with Crippen LogP contribution in [0.2, 0.25) is 0 Å². The number of hydrogen-bond acceptors (Lipinski definition) is 5. The van der Waals surface area contributed by atoms with E-state index in [1.165, 1.54) is 0 Å². The molecule has 0 spiro atoms. The zero-order chi connectivity index (χ0) is 18.3. The first-order chi connectivity index (χ1) is 11.5. The molecule has 0 aliphatic carbocycles. The molecule has 0 saturated carbocycles. The van der Waals surface area contributed by atoms with Crippen LogP contribution in [-0.2, 0) is 19.1 Å². The summed E-state index contributed by atoms with van der Waals surface area (Å²) in [7, 11) is 0. The maximum absolute atomic E-state index is 12.3. The normalized spacial score (nSPS) is 13.3. The lowest BCUT2D eigenvalue weighted by Crippen LogP contribution is -2.42. The smallest absolute Gasteiger partial charge is 0.338 e. The second kappa shape index (κ2) is 14.3. The molecule has 0 amide bonds. The van der Waals surface area contributed by atoms with Crippen molar-refractivity contribution in [3.05, 3.63) is 0 Å². The molecule has 24 heavy (non-hydrogen) atoms. The molecule has 142 valence electrons. The number of hydrogen-bond donors (Lipinski definition) is 1. The standard InChI is InChI=1S/C19H36O5/c1-4-7-10-13-19(22,18(21)24-15-12-9-6-3)16-17(20)23-14-11-8-5-2/h22H,4-16H2,1-3H3. The lowest BCUT2D eigenvalue weighted by atomic mass is 9.92. The predicted octanol–water partition coefficient (Wildman–Crippen LogP) is 4.15. The summed E-state index contributed by atoms with van der Waals surface area (Å²) in [4.78, 5) is 24.2. The van der Waals surface area contributed by atoms with E-state index < -0.39 is 17.5 Å². The van der Waals surface area contributed by atoms with Crippen LogP contribution in [0.25, 0.3) is 0 Å². The van der Waals surface area contributed by atoms with Crippen LogP contribution in [0.1, 0.15) is 91.4 Å². The SMILES string of the molecule is CCCCCOC(=O)CC(O)(CCCCC)C(=O)OCCCCC. The summed E-state index contributed by atoms with van der Waals surface area (Å²) in [6, 6.07) is 0. The molecule has 0 aromatic heterocycles. The first-order valence-electron chi connectivity index (χ1n) is 9.55. The molecule has 0 rings (SSSR count). The zero-order valence-corrected chi connectivity index (χ0v) is 15.8. The summed E-state index contributed by atoms with van der Waals surface area (Å²) in [6.07, 6.45) is 8.08. The summed E-state index contributed by atoms with van der Waals surface area (Å²) in [5.74, 6) is -1.23. The van der Waals surface area contributed by atoms with Crippen LogP contribution in [0.5, 0.6) is 0 Å². The minimum Gasteiger partial charge on any atom is -0.466 e. The van der Waals surface area contributed by atoms with Crippen molar-refractivity contribution in [3.8, 4) is 0 Å². The Morgan fingerprint density at radius 2 is 1.29 bits per heavy atom. The third-order valence-electron chi connectivity index (χ3n) is 4.00. The van der Waals surface area contributed by atoms with Gasteiger partial charge >= 0.3 is 11.9 Å². The number of aliphatic hydroxyl groups is 1. The summed E-state index contributed by atoms with van der Waals surface area (Å²) >= 11 is 0. The van der Waals surface area contributed by atoms with Gasteiger partial charge in [0.2, 0.25) is 0 Å². The van der Waals surface area contributed by atoms with Gasteiger partial charge in [0, 0.05) is 0 Å². The Labute approximate surface area is 147 Å². The molecular formula is C19H36O5. The lowest BCUT2D eigenvalue weighted by Gasteiger charge is -2.25. The van der Waals surface area contributed by atoms with Crippen molar-refractivity contribution in [3.63, 3.8) is 0 Å². The number of ether oxygens (including phenoxy) is 2. The molecule has 0 saturated heterocycles. The average molecular weight is 344 g/mol. The first-order valence-corrected chi connectivity index (χ1v) is 9.55. The van der Waals surface area contributed by atoms with Crippen LogP contribution < -0.4 is 0 Å². The Bertz CT molecular complexity index is 343. The second-order valence-electron chi connectivity index (χ2n) is 6.44. The molecule has 1 atom stereocenters. The molecule has 5 nitrogen and oxygen atoms in total. The molecule has 1 N–H and O–H groups in total. The van der Waals surface area contributed by atoms with E-state index in [-0.39, 0.29) is 19.4 Å². The molecule has 0 radical (unpaired) electrons. The van der Waals surface area contributed by atoms with Gasteiger partial charge in [-0.3, -0.25) is 4.79 Å². The zero-order valence-electron chi connectivity index (χ0n) is 15.8. The maximum atomic E-state index is 12.3. The Kier molecular flexibility index (Phi) is 13.6. The van der Waals surface area contributed by atoms with Gasteiger partial charge in [-0.05, 0) is 25.7 Å². The van der Waals surface area contributed by atoms with Crippen molar-refractivity contribution in [1.29, 1.82) is 0 Å². The number of unbranched alkanes of at least 4 members (excludes halogenated alkanes) is 6. The molecule has 0 aromatic rings. The molecular weight excluding hydrogens is 308 g/mol. The Balaban J connectivity index is 4.50.